The first-order chi connectivity index (χ1) is 16.3. The third-order valence-electron chi connectivity index (χ3n) is 7.28. The van der Waals surface area contributed by atoms with Crippen molar-refractivity contribution < 1.29 is 9.47 Å². The maximum absolute atomic E-state index is 6.32. The third kappa shape index (κ3) is 6.44. The molecule has 3 rings (SSSR count). The molecule has 2 nitrogen and oxygen atoms in total. The molecular weight excluding hydrogens is 416 g/mol. The zero-order valence-corrected chi connectivity index (χ0v) is 22.0. The number of hydrogen-bond donors (Lipinski definition) is 0. The molecule has 34 heavy (non-hydrogen) atoms. The van der Waals surface area contributed by atoms with Crippen molar-refractivity contribution in [2.45, 2.75) is 91.1 Å². The van der Waals surface area contributed by atoms with Crippen LogP contribution in [0.2, 0.25) is 0 Å². The van der Waals surface area contributed by atoms with Gasteiger partial charge in [-0.2, -0.15) is 0 Å². The van der Waals surface area contributed by atoms with Crippen molar-refractivity contribution in [1.82, 2.24) is 0 Å². The van der Waals surface area contributed by atoms with E-state index in [-0.39, 0.29) is 11.0 Å². The standard InChI is InChI=1S/C32H42O2/c1-7-22-31(5,9-3)27-18-14-25(15-19-27)26-16-20-28(21-17-26)33-29-12-11-13-30(24-29)34-32(6,10-4)23-8-2/h11-21,24H,7-10,22-23H2,1-6H3. The van der Waals surface area contributed by atoms with Crippen molar-refractivity contribution in [2.75, 3.05) is 0 Å². The Balaban J connectivity index is 1.70. The number of ether oxygens (including phenoxy) is 2. The monoisotopic (exact) mass is 458 g/mol. The summed E-state index contributed by atoms with van der Waals surface area (Å²) < 4.78 is 12.5. The first-order valence-corrected chi connectivity index (χ1v) is 13.0. The fourth-order valence-corrected chi connectivity index (χ4v) is 4.71. The molecule has 0 saturated carbocycles. The predicted octanol–water partition coefficient (Wildman–Crippen LogP) is 9.96. The van der Waals surface area contributed by atoms with Crippen molar-refractivity contribution in [1.29, 1.82) is 0 Å². The van der Waals surface area contributed by atoms with Crippen molar-refractivity contribution in [3.63, 3.8) is 0 Å². The second-order valence-electron chi connectivity index (χ2n) is 10.00. The van der Waals surface area contributed by atoms with Gasteiger partial charge in [0.1, 0.15) is 22.8 Å². The summed E-state index contributed by atoms with van der Waals surface area (Å²) >= 11 is 0. The van der Waals surface area contributed by atoms with E-state index < -0.39 is 0 Å². The van der Waals surface area contributed by atoms with Gasteiger partial charge in [-0.25, -0.2) is 0 Å². The van der Waals surface area contributed by atoms with Gasteiger partial charge in [0, 0.05) is 6.07 Å². The van der Waals surface area contributed by atoms with Crippen LogP contribution in [0, 0.1) is 0 Å². The summed E-state index contributed by atoms with van der Waals surface area (Å²) in [7, 11) is 0. The van der Waals surface area contributed by atoms with Crippen LogP contribution in [-0.4, -0.2) is 5.60 Å². The van der Waals surface area contributed by atoms with Crippen LogP contribution in [0.25, 0.3) is 11.1 Å². The summed E-state index contributed by atoms with van der Waals surface area (Å²) in [6.07, 6.45) is 6.70. The van der Waals surface area contributed by atoms with Gasteiger partial charge in [0.2, 0.25) is 0 Å². The van der Waals surface area contributed by atoms with Gasteiger partial charge in [0.15, 0.2) is 0 Å². The van der Waals surface area contributed by atoms with E-state index in [9.17, 15) is 0 Å². The molecule has 2 unspecified atom stereocenters. The zero-order chi connectivity index (χ0) is 24.6. The van der Waals surface area contributed by atoms with Crippen molar-refractivity contribution in [3.05, 3.63) is 78.4 Å². The van der Waals surface area contributed by atoms with Gasteiger partial charge in [-0.15, -0.1) is 0 Å². The third-order valence-corrected chi connectivity index (χ3v) is 7.28. The number of rotatable bonds is 12. The largest absolute Gasteiger partial charge is 0.487 e. The lowest BCUT2D eigenvalue weighted by Crippen LogP contribution is -2.31. The van der Waals surface area contributed by atoms with Crippen LogP contribution < -0.4 is 9.47 Å². The van der Waals surface area contributed by atoms with Crippen LogP contribution in [0.5, 0.6) is 17.2 Å². The highest BCUT2D eigenvalue weighted by atomic mass is 16.5. The molecule has 0 spiro atoms. The molecule has 0 amide bonds. The van der Waals surface area contributed by atoms with Crippen LogP contribution in [-0.2, 0) is 5.41 Å². The van der Waals surface area contributed by atoms with E-state index in [2.05, 4.69) is 77.9 Å². The first-order valence-electron chi connectivity index (χ1n) is 13.0. The lowest BCUT2D eigenvalue weighted by molar-refractivity contribution is 0.0739. The minimum atomic E-state index is -0.143. The van der Waals surface area contributed by atoms with Gasteiger partial charge < -0.3 is 9.47 Å². The van der Waals surface area contributed by atoms with Gasteiger partial charge in [-0.05, 0) is 79.0 Å². The van der Waals surface area contributed by atoms with Crippen molar-refractivity contribution in [3.8, 4) is 28.4 Å². The Labute approximate surface area is 207 Å². The van der Waals surface area contributed by atoms with Crippen LogP contribution >= 0.6 is 0 Å². The molecule has 0 bridgehead atoms. The fraction of sp³-hybridized carbons (Fsp3) is 0.438. The minimum Gasteiger partial charge on any atom is -0.487 e. The van der Waals surface area contributed by atoms with E-state index >= 15 is 0 Å². The predicted molar refractivity (Wildman–Crippen MR) is 145 cm³/mol. The average Bonchev–Trinajstić information content (AvgIpc) is 2.85. The molecule has 0 heterocycles. The summed E-state index contributed by atoms with van der Waals surface area (Å²) in [5, 5.41) is 0. The Bertz CT molecular complexity index is 1020. The fourth-order valence-electron chi connectivity index (χ4n) is 4.71. The molecule has 2 heteroatoms. The molecule has 0 fully saturated rings. The highest BCUT2D eigenvalue weighted by molar-refractivity contribution is 5.64. The van der Waals surface area contributed by atoms with Crippen molar-refractivity contribution in [2.24, 2.45) is 0 Å². The topological polar surface area (TPSA) is 18.5 Å². The van der Waals surface area contributed by atoms with E-state index in [0.717, 1.165) is 42.9 Å². The Kier molecular flexibility index (Phi) is 8.83. The maximum atomic E-state index is 6.32. The summed E-state index contributed by atoms with van der Waals surface area (Å²) in [6.45, 7) is 13.5. The van der Waals surface area contributed by atoms with E-state index in [0.29, 0.717) is 0 Å². The molecule has 182 valence electrons. The van der Waals surface area contributed by atoms with Crippen molar-refractivity contribution >= 4 is 0 Å². The molecule has 0 N–H and O–H groups in total. The Morgan fingerprint density at radius 2 is 1.21 bits per heavy atom. The average molecular weight is 459 g/mol. The summed E-state index contributed by atoms with van der Waals surface area (Å²) in [5.41, 5.74) is 3.98. The van der Waals surface area contributed by atoms with E-state index in [1.54, 1.807) is 0 Å². The molecule has 2 atom stereocenters. The lowest BCUT2D eigenvalue weighted by Gasteiger charge is -2.29. The summed E-state index contributed by atoms with van der Waals surface area (Å²) in [5.74, 6) is 2.47. The summed E-state index contributed by atoms with van der Waals surface area (Å²) in [6, 6.07) is 25.4. The van der Waals surface area contributed by atoms with Gasteiger partial charge in [0.05, 0.1) is 0 Å². The van der Waals surface area contributed by atoms with Gasteiger partial charge >= 0.3 is 0 Å². The SMILES string of the molecule is CCCC(C)(CC)Oc1cccc(Oc2ccc(-c3ccc(C(C)(CC)CCC)cc3)cc2)c1. The Morgan fingerprint density at radius 3 is 1.76 bits per heavy atom. The van der Waals surface area contributed by atoms with E-state index in [4.69, 9.17) is 9.47 Å². The van der Waals surface area contributed by atoms with E-state index in [1.807, 2.05) is 36.4 Å². The second-order valence-corrected chi connectivity index (χ2v) is 10.00. The minimum absolute atomic E-state index is 0.143. The normalized spacial score (nSPS) is 14.8. The molecule has 0 aliphatic rings. The quantitative estimate of drug-likeness (QED) is 0.269. The molecule has 3 aromatic carbocycles. The van der Waals surface area contributed by atoms with Crippen LogP contribution in [0.1, 0.15) is 85.6 Å². The molecular formula is C32H42O2. The van der Waals surface area contributed by atoms with Crippen LogP contribution in [0.4, 0.5) is 0 Å². The molecule has 0 aromatic heterocycles. The molecule has 0 aliphatic carbocycles. The molecule has 0 radical (unpaired) electrons. The first kappa shape index (κ1) is 25.9. The maximum Gasteiger partial charge on any atom is 0.131 e. The highest BCUT2D eigenvalue weighted by Gasteiger charge is 2.24. The summed E-state index contributed by atoms with van der Waals surface area (Å²) in [4.78, 5) is 0. The van der Waals surface area contributed by atoms with Gasteiger partial charge in [-0.3, -0.25) is 0 Å². The van der Waals surface area contributed by atoms with E-state index in [1.165, 1.54) is 29.5 Å². The smallest absolute Gasteiger partial charge is 0.131 e. The second kappa shape index (κ2) is 11.6. The van der Waals surface area contributed by atoms with Crippen LogP contribution in [0.3, 0.4) is 0 Å². The van der Waals surface area contributed by atoms with Gasteiger partial charge in [-0.1, -0.05) is 89.9 Å². The molecule has 3 aromatic rings. The highest BCUT2D eigenvalue weighted by Crippen LogP contribution is 2.35. The van der Waals surface area contributed by atoms with Crippen LogP contribution in [0.15, 0.2) is 72.8 Å². The van der Waals surface area contributed by atoms with Gasteiger partial charge in [0.25, 0.3) is 0 Å². The zero-order valence-electron chi connectivity index (χ0n) is 22.0. The molecule has 0 aliphatic heterocycles. The Morgan fingerprint density at radius 1 is 0.618 bits per heavy atom. The number of benzene rings is 3. The number of hydrogen-bond acceptors (Lipinski definition) is 2. The Hall–Kier alpha value is -2.74. The molecule has 0 saturated heterocycles. The lowest BCUT2D eigenvalue weighted by atomic mass is 9.76.